The quantitative estimate of drug-likeness (QED) is 0.164. The van der Waals surface area contributed by atoms with Crippen molar-refractivity contribution in [2.75, 3.05) is 13.1 Å². The number of benzene rings is 1. The number of nitriles is 1. The summed E-state index contributed by atoms with van der Waals surface area (Å²) in [5.41, 5.74) is 1.18. The third-order valence-corrected chi connectivity index (χ3v) is 8.28. The van der Waals surface area contributed by atoms with Gasteiger partial charge >= 0.3 is 0 Å². The molecule has 8 nitrogen and oxygen atoms in total. The van der Waals surface area contributed by atoms with Gasteiger partial charge in [-0.2, -0.15) is 10.4 Å². The molecule has 1 heterocycles. The molecule has 0 aliphatic carbocycles. The third-order valence-electron chi connectivity index (χ3n) is 8.28. The van der Waals surface area contributed by atoms with Crippen LogP contribution in [-0.4, -0.2) is 33.6 Å². The first kappa shape index (κ1) is 35.7. The largest absolute Gasteiger partial charge is 0.493 e. The van der Waals surface area contributed by atoms with Crippen LogP contribution in [0, 0.1) is 23.2 Å². The zero-order valence-corrected chi connectivity index (χ0v) is 27.4. The highest BCUT2D eigenvalue weighted by Crippen LogP contribution is 2.34. The van der Waals surface area contributed by atoms with Gasteiger partial charge in [0.05, 0.1) is 5.69 Å². The van der Waals surface area contributed by atoms with Gasteiger partial charge in [-0.05, 0) is 61.8 Å². The molecular weight excluding hydrogens is 538 g/mol. The summed E-state index contributed by atoms with van der Waals surface area (Å²) in [4.78, 5) is 28.7. The molecule has 2 unspecified atom stereocenters. The molecule has 0 saturated heterocycles. The second-order valence-corrected chi connectivity index (χ2v) is 11.6. The molecule has 1 amide bonds. The Bertz CT molecular complexity index is 1260. The van der Waals surface area contributed by atoms with E-state index in [1.807, 2.05) is 19.9 Å². The zero-order chi connectivity index (χ0) is 31.8. The Morgan fingerprint density at radius 1 is 0.907 bits per heavy atom. The number of rotatable bonds is 19. The van der Waals surface area contributed by atoms with Gasteiger partial charge in [0.1, 0.15) is 11.6 Å². The Morgan fingerprint density at radius 3 is 1.95 bits per heavy atom. The van der Waals surface area contributed by atoms with E-state index in [0.717, 1.165) is 51.6 Å². The summed E-state index contributed by atoms with van der Waals surface area (Å²) in [5.74, 6) is 0.740. The fourth-order valence-corrected chi connectivity index (χ4v) is 5.55. The van der Waals surface area contributed by atoms with Crippen LogP contribution in [-0.2, 0) is 13.0 Å². The van der Waals surface area contributed by atoms with Gasteiger partial charge in [-0.3, -0.25) is 14.2 Å². The van der Waals surface area contributed by atoms with Crippen molar-refractivity contribution < 1.29 is 9.90 Å². The fraction of sp³-hybridized carbons (Fsp3) is 0.629. The summed E-state index contributed by atoms with van der Waals surface area (Å²) in [6.07, 6.45) is 10.8. The second kappa shape index (κ2) is 18.9. The van der Waals surface area contributed by atoms with Crippen molar-refractivity contribution in [2.45, 2.75) is 119 Å². The van der Waals surface area contributed by atoms with E-state index in [2.05, 4.69) is 42.8 Å². The Balaban J connectivity index is 2.39. The maximum atomic E-state index is 13.8. The molecule has 2 rings (SSSR count). The van der Waals surface area contributed by atoms with Crippen molar-refractivity contribution in [3.05, 3.63) is 51.3 Å². The van der Waals surface area contributed by atoms with Crippen LogP contribution in [0.2, 0.25) is 0 Å². The predicted molar refractivity (Wildman–Crippen MR) is 175 cm³/mol. The topological polar surface area (TPSA) is 111 Å². The first-order chi connectivity index (χ1) is 20.8. The van der Waals surface area contributed by atoms with Crippen molar-refractivity contribution >= 4 is 17.3 Å². The number of aromatic nitrogens is 1. The van der Waals surface area contributed by atoms with Gasteiger partial charge in [0.25, 0.3) is 11.5 Å². The molecule has 1 aromatic carbocycles. The zero-order valence-electron chi connectivity index (χ0n) is 27.4. The minimum Gasteiger partial charge on any atom is -0.493 e. The van der Waals surface area contributed by atoms with E-state index in [4.69, 9.17) is 0 Å². The molecule has 0 aliphatic rings. The lowest BCUT2D eigenvalue weighted by Crippen LogP contribution is -2.39. The summed E-state index contributed by atoms with van der Waals surface area (Å²) in [7, 11) is 0. The Hall–Kier alpha value is -3.47. The number of pyridine rings is 1. The molecule has 0 bridgehead atoms. The number of nitrogens with zero attached hydrogens (tertiary/aromatic N) is 5. The SMILES string of the molecule is CCCCC(CC)CN(CC(CC)CCCC)C(=O)c1ccc(/N=N/c2c(CCC)c(C#N)c(=O)n(CCC)c2O)cc1. The average molecular weight is 592 g/mol. The molecule has 236 valence electrons. The molecular formula is C35H53N5O3. The molecule has 8 heteroatoms. The van der Waals surface area contributed by atoms with Crippen LogP contribution in [0.3, 0.4) is 0 Å². The van der Waals surface area contributed by atoms with E-state index in [-0.39, 0.29) is 29.6 Å². The van der Waals surface area contributed by atoms with Crippen LogP contribution in [0.4, 0.5) is 11.4 Å². The van der Waals surface area contributed by atoms with E-state index in [1.165, 1.54) is 17.4 Å². The lowest BCUT2D eigenvalue weighted by atomic mass is 9.95. The van der Waals surface area contributed by atoms with Gasteiger partial charge in [-0.1, -0.05) is 86.5 Å². The Kier molecular flexibility index (Phi) is 15.7. The van der Waals surface area contributed by atoms with E-state index in [9.17, 15) is 20.0 Å². The van der Waals surface area contributed by atoms with Crippen LogP contribution in [0.5, 0.6) is 5.88 Å². The van der Waals surface area contributed by atoms with Crippen molar-refractivity contribution in [3.63, 3.8) is 0 Å². The molecule has 0 fully saturated rings. The van der Waals surface area contributed by atoms with Crippen LogP contribution in [0.15, 0.2) is 39.3 Å². The number of amides is 1. The van der Waals surface area contributed by atoms with Gasteiger partial charge in [0.2, 0.25) is 5.88 Å². The van der Waals surface area contributed by atoms with Gasteiger partial charge < -0.3 is 10.0 Å². The Morgan fingerprint density at radius 2 is 1.49 bits per heavy atom. The van der Waals surface area contributed by atoms with E-state index >= 15 is 0 Å². The standard InChI is InChI=1S/C35H53N5O3/c1-7-13-16-26(11-5)24-39(25-27(12-6)17-14-8-2)33(41)28-18-20-29(21-19-28)37-38-32-30(15-9-3)31(23-36)34(42)40(22-10-4)35(32)43/h18-21,26-27,43H,7-17,22,24-25H2,1-6H3/b38-37+. The number of carbonyl (C=O) groups is 1. The number of hydrogen-bond acceptors (Lipinski definition) is 6. The smallest absolute Gasteiger partial charge is 0.271 e. The molecule has 0 saturated carbocycles. The van der Waals surface area contributed by atoms with Gasteiger partial charge in [0, 0.05) is 30.8 Å². The van der Waals surface area contributed by atoms with Crippen molar-refractivity contribution in [2.24, 2.45) is 22.1 Å². The van der Waals surface area contributed by atoms with E-state index in [0.29, 0.717) is 47.9 Å². The molecule has 1 N–H and O–H groups in total. The molecule has 0 aliphatic heterocycles. The number of hydrogen-bond donors (Lipinski definition) is 1. The van der Waals surface area contributed by atoms with Crippen LogP contribution in [0.1, 0.15) is 127 Å². The van der Waals surface area contributed by atoms with Crippen LogP contribution < -0.4 is 5.56 Å². The predicted octanol–water partition coefficient (Wildman–Crippen LogP) is 9.08. The fourth-order valence-electron chi connectivity index (χ4n) is 5.55. The number of carbonyl (C=O) groups excluding carboxylic acids is 1. The highest BCUT2D eigenvalue weighted by Gasteiger charge is 2.23. The lowest BCUT2D eigenvalue weighted by molar-refractivity contribution is 0.0685. The highest BCUT2D eigenvalue weighted by molar-refractivity contribution is 5.94. The summed E-state index contributed by atoms with van der Waals surface area (Å²) in [6.45, 7) is 14.5. The van der Waals surface area contributed by atoms with Gasteiger partial charge in [0.15, 0.2) is 5.69 Å². The number of unbranched alkanes of at least 4 members (excludes halogenated alkanes) is 2. The summed E-state index contributed by atoms with van der Waals surface area (Å²) < 4.78 is 1.19. The summed E-state index contributed by atoms with van der Waals surface area (Å²) in [5, 5.41) is 29.3. The number of aromatic hydroxyl groups is 1. The molecule has 0 spiro atoms. The highest BCUT2D eigenvalue weighted by atomic mass is 16.3. The lowest BCUT2D eigenvalue weighted by Gasteiger charge is -2.31. The van der Waals surface area contributed by atoms with Gasteiger partial charge in [-0.15, -0.1) is 5.11 Å². The average Bonchev–Trinajstić information content (AvgIpc) is 3.02. The molecule has 2 aromatic rings. The van der Waals surface area contributed by atoms with Crippen LogP contribution >= 0.6 is 0 Å². The first-order valence-electron chi connectivity index (χ1n) is 16.5. The number of azo groups is 1. The minimum atomic E-state index is -0.503. The summed E-state index contributed by atoms with van der Waals surface area (Å²) in [6, 6.07) is 9.09. The second-order valence-electron chi connectivity index (χ2n) is 11.6. The molecule has 0 radical (unpaired) electrons. The molecule has 2 atom stereocenters. The van der Waals surface area contributed by atoms with Crippen molar-refractivity contribution in [1.29, 1.82) is 5.26 Å². The molecule has 1 aromatic heterocycles. The Labute approximate surface area is 258 Å². The van der Waals surface area contributed by atoms with Crippen LogP contribution in [0.25, 0.3) is 0 Å². The minimum absolute atomic E-state index is 0.00303. The first-order valence-corrected chi connectivity index (χ1v) is 16.5. The van der Waals surface area contributed by atoms with Crippen molar-refractivity contribution in [3.8, 4) is 11.9 Å². The van der Waals surface area contributed by atoms with Gasteiger partial charge in [-0.25, -0.2) is 0 Å². The third kappa shape index (κ3) is 10.0. The maximum Gasteiger partial charge on any atom is 0.271 e. The van der Waals surface area contributed by atoms with Crippen molar-refractivity contribution in [1.82, 2.24) is 9.47 Å². The van der Waals surface area contributed by atoms with E-state index < -0.39 is 5.56 Å². The normalized spacial score (nSPS) is 12.8. The molecule has 43 heavy (non-hydrogen) atoms. The summed E-state index contributed by atoms with van der Waals surface area (Å²) >= 11 is 0. The maximum absolute atomic E-state index is 13.8. The van der Waals surface area contributed by atoms with E-state index in [1.54, 1.807) is 24.3 Å². The monoisotopic (exact) mass is 591 g/mol.